The number of methoxy groups -OCH3 is 1. The zero-order valence-electron chi connectivity index (χ0n) is 15.8. The van der Waals surface area contributed by atoms with Crippen molar-refractivity contribution in [1.29, 1.82) is 0 Å². The number of aryl methyl sites for hydroxylation is 1. The van der Waals surface area contributed by atoms with E-state index in [0.717, 1.165) is 18.4 Å². The van der Waals surface area contributed by atoms with Crippen molar-refractivity contribution in [1.82, 2.24) is 9.66 Å². The van der Waals surface area contributed by atoms with Crippen LogP contribution in [-0.4, -0.2) is 29.6 Å². The molecule has 27 heavy (non-hydrogen) atoms. The largest absolute Gasteiger partial charge is 0.493 e. The third-order valence-electron chi connectivity index (χ3n) is 4.18. The minimum absolute atomic E-state index is 0.192. The van der Waals surface area contributed by atoms with Gasteiger partial charge in [0.25, 0.3) is 5.56 Å². The normalized spacial score (nSPS) is 11.2. The smallest absolute Gasteiger partial charge is 0.282 e. The topological polar surface area (TPSA) is 65.7 Å². The summed E-state index contributed by atoms with van der Waals surface area (Å²) in [4.78, 5) is 17.1. The zero-order valence-corrected chi connectivity index (χ0v) is 15.8. The van der Waals surface area contributed by atoms with Crippen LogP contribution < -0.4 is 15.0 Å². The van der Waals surface area contributed by atoms with Crippen LogP contribution in [0.5, 0.6) is 11.5 Å². The number of rotatable bonds is 7. The molecular formula is C21H23N3O3. The lowest BCUT2D eigenvalue weighted by molar-refractivity contribution is 0.288. The van der Waals surface area contributed by atoms with E-state index in [1.807, 2.05) is 36.4 Å². The quantitative estimate of drug-likeness (QED) is 0.472. The molecule has 0 fully saturated rings. The molecule has 0 aliphatic heterocycles. The van der Waals surface area contributed by atoms with Crippen LogP contribution in [0.15, 0.2) is 52.4 Å². The Morgan fingerprint density at radius 3 is 2.78 bits per heavy atom. The number of unbranched alkanes of at least 4 members (excludes halogenated alkanes) is 1. The molecule has 1 aromatic heterocycles. The predicted octanol–water partition coefficient (Wildman–Crippen LogP) is 3.77. The number of hydrogen-bond acceptors (Lipinski definition) is 5. The zero-order chi connectivity index (χ0) is 19.2. The van der Waals surface area contributed by atoms with Crippen LogP contribution in [0.1, 0.15) is 31.2 Å². The first-order chi connectivity index (χ1) is 13.1. The molecule has 0 radical (unpaired) electrons. The van der Waals surface area contributed by atoms with Crippen LogP contribution in [0, 0.1) is 6.92 Å². The van der Waals surface area contributed by atoms with Gasteiger partial charge in [0.2, 0.25) is 0 Å². The molecule has 0 bridgehead atoms. The van der Waals surface area contributed by atoms with Crippen molar-refractivity contribution in [2.24, 2.45) is 5.10 Å². The summed E-state index contributed by atoms with van der Waals surface area (Å²) in [5.41, 5.74) is 1.28. The molecule has 140 valence electrons. The van der Waals surface area contributed by atoms with Gasteiger partial charge in [-0.3, -0.25) is 4.79 Å². The number of hydrogen-bond donors (Lipinski definition) is 0. The van der Waals surface area contributed by atoms with Gasteiger partial charge < -0.3 is 9.47 Å². The average Bonchev–Trinajstić information content (AvgIpc) is 2.68. The molecule has 0 unspecified atom stereocenters. The Balaban J connectivity index is 1.93. The molecule has 0 aliphatic carbocycles. The molecule has 0 saturated carbocycles. The number of ether oxygens (including phenoxy) is 2. The van der Waals surface area contributed by atoms with E-state index in [1.165, 1.54) is 4.68 Å². The highest BCUT2D eigenvalue weighted by atomic mass is 16.5. The summed E-state index contributed by atoms with van der Waals surface area (Å²) < 4.78 is 12.5. The van der Waals surface area contributed by atoms with Crippen molar-refractivity contribution >= 4 is 17.1 Å². The number of para-hydroxylation sites is 1. The Labute approximate surface area is 158 Å². The third-order valence-corrected chi connectivity index (χ3v) is 4.18. The first kappa shape index (κ1) is 18.6. The Morgan fingerprint density at radius 1 is 1.19 bits per heavy atom. The van der Waals surface area contributed by atoms with Gasteiger partial charge in [-0.1, -0.05) is 25.5 Å². The van der Waals surface area contributed by atoms with Gasteiger partial charge >= 0.3 is 0 Å². The molecule has 6 nitrogen and oxygen atoms in total. The summed E-state index contributed by atoms with van der Waals surface area (Å²) in [5, 5.41) is 4.88. The van der Waals surface area contributed by atoms with Crippen molar-refractivity contribution in [3.05, 3.63) is 64.2 Å². The van der Waals surface area contributed by atoms with E-state index in [1.54, 1.807) is 26.3 Å². The SMILES string of the molecule is CCCCOc1cc(/C=N\n2c(C)nc3ccccc3c2=O)ccc1OC. The fourth-order valence-corrected chi connectivity index (χ4v) is 2.71. The predicted molar refractivity (Wildman–Crippen MR) is 107 cm³/mol. The summed E-state index contributed by atoms with van der Waals surface area (Å²) in [6.45, 7) is 4.50. The molecule has 1 heterocycles. The standard InChI is InChI=1S/C21H23N3O3/c1-4-5-12-27-20-13-16(10-11-19(20)26-3)14-22-24-15(2)23-18-9-7-6-8-17(18)21(24)25/h6-11,13-14H,4-5,12H2,1-3H3/b22-14-. The summed E-state index contributed by atoms with van der Waals surface area (Å²) in [5.74, 6) is 1.86. The van der Waals surface area contributed by atoms with E-state index < -0.39 is 0 Å². The van der Waals surface area contributed by atoms with Crippen LogP contribution >= 0.6 is 0 Å². The fourth-order valence-electron chi connectivity index (χ4n) is 2.71. The molecule has 0 spiro atoms. The van der Waals surface area contributed by atoms with E-state index in [9.17, 15) is 4.79 Å². The maximum Gasteiger partial charge on any atom is 0.282 e. The Bertz CT molecular complexity index is 1020. The fraction of sp³-hybridized carbons (Fsp3) is 0.286. The van der Waals surface area contributed by atoms with Crippen molar-refractivity contribution in [2.75, 3.05) is 13.7 Å². The van der Waals surface area contributed by atoms with Crippen LogP contribution in [-0.2, 0) is 0 Å². The van der Waals surface area contributed by atoms with E-state index in [2.05, 4.69) is 17.0 Å². The van der Waals surface area contributed by atoms with E-state index in [4.69, 9.17) is 9.47 Å². The molecule has 2 aromatic carbocycles. The van der Waals surface area contributed by atoms with Gasteiger partial charge in [-0.15, -0.1) is 0 Å². The van der Waals surface area contributed by atoms with Gasteiger partial charge in [0.05, 0.1) is 30.8 Å². The first-order valence-corrected chi connectivity index (χ1v) is 8.97. The van der Waals surface area contributed by atoms with Gasteiger partial charge in [-0.05, 0) is 49.2 Å². The first-order valence-electron chi connectivity index (χ1n) is 8.97. The van der Waals surface area contributed by atoms with E-state index in [0.29, 0.717) is 34.8 Å². The second kappa shape index (κ2) is 8.49. The summed E-state index contributed by atoms with van der Waals surface area (Å²) in [7, 11) is 1.61. The van der Waals surface area contributed by atoms with Crippen molar-refractivity contribution in [2.45, 2.75) is 26.7 Å². The number of fused-ring (bicyclic) bond motifs is 1. The van der Waals surface area contributed by atoms with Gasteiger partial charge in [0, 0.05) is 0 Å². The number of benzene rings is 2. The van der Waals surface area contributed by atoms with Gasteiger partial charge in [-0.25, -0.2) is 4.98 Å². The highest BCUT2D eigenvalue weighted by Gasteiger charge is 2.08. The Kier molecular flexibility index (Phi) is 5.86. The summed E-state index contributed by atoms with van der Waals surface area (Å²) in [6.07, 6.45) is 3.65. The molecule has 0 aliphatic rings. The monoisotopic (exact) mass is 365 g/mol. The Hall–Kier alpha value is -3.15. The molecular weight excluding hydrogens is 342 g/mol. The van der Waals surface area contributed by atoms with Crippen LogP contribution in [0.25, 0.3) is 10.9 Å². The second-order valence-electron chi connectivity index (χ2n) is 6.15. The molecule has 6 heteroatoms. The van der Waals surface area contributed by atoms with E-state index >= 15 is 0 Å². The molecule has 3 aromatic rings. The molecule has 0 N–H and O–H groups in total. The van der Waals surface area contributed by atoms with Crippen molar-refractivity contribution in [3.8, 4) is 11.5 Å². The average molecular weight is 365 g/mol. The van der Waals surface area contributed by atoms with Crippen LogP contribution in [0.3, 0.4) is 0 Å². The highest BCUT2D eigenvalue weighted by molar-refractivity contribution is 5.81. The lowest BCUT2D eigenvalue weighted by Crippen LogP contribution is -2.20. The third kappa shape index (κ3) is 4.16. The molecule has 0 amide bonds. The summed E-state index contributed by atoms with van der Waals surface area (Å²) in [6, 6.07) is 12.8. The lowest BCUT2D eigenvalue weighted by Gasteiger charge is -2.11. The Morgan fingerprint density at radius 2 is 2.00 bits per heavy atom. The maximum absolute atomic E-state index is 12.7. The second-order valence-corrected chi connectivity index (χ2v) is 6.15. The lowest BCUT2D eigenvalue weighted by atomic mass is 10.2. The van der Waals surface area contributed by atoms with Crippen LogP contribution in [0.2, 0.25) is 0 Å². The molecule has 3 rings (SSSR count). The van der Waals surface area contributed by atoms with Gasteiger partial charge in [0.15, 0.2) is 11.5 Å². The molecule has 0 atom stereocenters. The summed E-state index contributed by atoms with van der Waals surface area (Å²) >= 11 is 0. The van der Waals surface area contributed by atoms with Gasteiger partial charge in [-0.2, -0.15) is 9.78 Å². The molecule has 0 saturated heterocycles. The minimum Gasteiger partial charge on any atom is -0.493 e. The van der Waals surface area contributed by atoms with Crippen molar-refractivity contribution in [3.63, 3.8) is 0 Å². The maximum atomic E-state index is 12.7. The highest BCUT2D eigenvalue weighted by Crippen LogP contribution is 2.27. The van der Waals surface area contributed by atoms with Gasteiger partial charge in [0.1, 0.15) is 5.82 Å². The number of aromatic nitrogens is 2. The van der Waals surface area contributed by atoms with Crippen LogP contribution in [0.4, 0.5) is 0 Å². The minimum atomic E-state index is -0.192. The van der Waals surface area contributed by atoms with Crippen molar-refractivity contribution < 1.29 is 9.47 Å². The van der Waals surface area contributed by atoms with E-state index in [-0.39, 0.29) is 5.56 Å². The number of nitrogens with zero attached hydrogens (tertiary/aromatic N) is 3.